The van der Waals surface area contributed by atoms with E-state index in [1.807, 2.05) is 0 Å². The van der Waals surface area contributed by atoms with Crippen molar-refractivity contribution in [2.45, 2.75) is 35.6 Å². The molecule has 1 N–H and O–H groups in total. The van der Waals surface area contributed by atoms with Gasteiger partial charge in [0.1, 0.15) is 0 Å². The van der Waals surface area contributed by atoms with Crippen LogP contribution in [0.2, 0.25) is 0 Å². The van der Waals surface area contributed by atoms with Gasteiger partial charge in [-0.15, -0.1) is 23.7 Å². The van der Waals surface area contributed by atoms with Crippen molar-refractivity contribution in [3.63, 3.8) is 0 Å². The molecule has 1 aliphatic heterocycles. The molecule has 1 atom stereocenters. The summed E-state index contributed by atoms with van der Waals surface area (Å²) in [6.07, 6.45) is 2.55. The van der Waals surface area contributed by atoms with E-state index in [1.165, 1.54) is 12.6 Å². The van der Waals surface area contributed by atoms with Crippen molar-refractivity contribution < 1.29 is 17.9 Å². The molecule has 1 aromatic heterocycles. The fourth-order valence-corrected chi connectivity index (χ4v) is 5.75. The Morgan fingerprint density at radius 3 is 2.68 bits per heavy atom. The average Bonchev–Trinajstić information content (AvgIpc) is 2.96. The largest absolute Gasteiger partial charge is 0.464 e. The number of nitrogens with one attached hydrogen (secondary N) is 1. The van der Waals surface area contributed by atoms with Crippen molar-refractivity contribution in [3.8, 4) is 0 Å². The van der Waals surface area contributed by atoms with E-state index in [4.69, 9.17) is 0 Å². The maximum absolute atomic E-state index is 13.0. The number of nitrogens with zero attached hydrogens (tertiary/aromatic N) is 2. The van der Waals surface area contributed by atoms with Crippen LogP contribution in [0.4, 0.5) is 0 Å². The Bertz CT molecular complexity index is 639. The molecule has 1 unspecified atom stereocenters. The number of hydrogen-bond acceptors (Lipinski definition) is 7. The second-order valence-electron chi connectivity index (χ2n) is 5.19. The van der Waals surface area contributed by atoms with Crippen molar-refractivity contribution >= 4 is 39.7 Å². The quantitative estimate of drug-likeness (QED) is 0.777. The molecule has 10 heteroatoms. The molecule has 0 spiro atoms. The van der Waals surface area contributed by atoms with Gasteiger partial charge in [0.15, 0.2) is 9.90 Å². The van der Waals surface area contributed by atoms with E-state index < -0.39 is 16.0 Å². The SMILES string of the molecule is COC(=O)c1ncsc1S(=O)(=O)N(C1CC1)C1CCNC1.Cl. The van der Waals surface area contributed by atoms with Crippen LogP contribution in [0.1, 0.15) is 29.8 Å². The summed E-state index contributed by atoms with van der Waals surface area (Å²) in [5, 5.41) is 3.19. The number of sulfonamides is 1. The minimum absolute atomic E-state index is 0. The second-order valence-corrected chi connectivity index (χ2v) is 8.09. The molecule has 1 aromatic rings. The van der Waals surface area contributed by atoms with Crippen molar-refractivity contribution in [3.05, 3.63) is 11.2 Å². The van der Waals surface area contributed by atoms with Crippen LogP contribution >= 0.6 is 23.7 Å². The van der Waals surface area contributed by atoms with Crippen LogP contribution in [-0.4, -0.2) is 56.0 Å². The van der Waals surface area contributed by atoms with Crippen molar-refractivity contribution in [2.24, 2.45) is 0 Å². The first-order chi connectivity index (χ1) is 10.1. The minimum Gasteiger partial charge on any atom is -0.464 e. The summed E-state index contributed by atoms with van der Waals surface area (Å²) in [5.41, 5.74) is 1.26. The van der Waals surface area contributed by atoms with Gasteiger partial charge in [-0.2, -0.15) is 4.31 Å². The lowest BCUT2D eigenvalue weighted by Crippen LogP contribution is -2.43. The maximum Gasteiger partial charge on any atom is 0.358 e. The van der Waals surface area contributed by atoms with Crippen molar-refractivity contribution in [2.75, 3.05) is 20.2 Å². The van der Waals surface area contributed by atoms with Crippen LogP contribution in [0, 0.1) is 0 Å². The zero-order chi connectivity index (χ0) is 15.0. The number of methoxy groups -OCH3 is 1. The Labute approximate surface area is 139 Å². The molecule has 124 valence electrons. The number of rotatable bonds is 5. The Morgan fingerprint density at radius 1 is 1.41 bits per heavy atom. The van der Waals surface area contributed by atoms with Crippen molar-refractivity contribution in [1.29, 1.82) is 0 Å². The summed E-state index contributed by atoms with van der Waals surface area (Å²) in [6.45, 7) is 1.47. The normalized spacial score (nSPS) is 21.6. The highest BCUT2D eigenvalue weighted by molar-refractivity contribution is 7.91. The monoisotopic (exact) mass is 367 g/mol. The molecule has 2 fully saturated rings. The van der Waals surface area contributed by atoms with Gasteiger partial charge in [-0.1, -0.05) is 0 Å². The average molecular weight is 368 g/mol. The van der Waals surface area contributed by atoms with Crippen LogP contribution in [0.3, 0.4) is 0 Å². The van der Waals surface area contributed by atoms with E-state index in [9.17, 15) is 13.2 Å². The molecule has 2 heterocycles. The minimum atomic E-state index is -3.72. The van der Waals surface area contributed by atoms with Crippen LogP contribution in [0.5, 0.6) is 0 Å². The van der Waals surface area contributed by atoms with E-state index in [-0.39, 0.29) is 34.4 Å². The second kappa shape index (κ2) is 6.79. The number of carbonyl (C=O) groups excluding carboxylic acids is 1. The predicted molar refractivity (Wildman–Crippen MR) is 84.0 cm³/mol. The molecule has 1 aliphatic carbocycles. The molecule has 22 heavy (non-hydrogen) atoms. The predicted octanol–water partition coefficient (Wildman–Crippen LogP) is 0.867. The highest BCUT2D eigenvalue weighted by Crippen LogP contribution is 2.37. The lowest BCUT2D eigenvalue weighted by molar-refractivity contribution is 0.0590. The molecule has 1 saturated carbocycles. The van der Waals surface area contributed by atoms with E-state index in [0.29, 0.717) is 6.54 Å². The zero-order valence-electron chi connectivity index (χ0n) is 12.0. The molecule has 0 amide bonds. The summed E-state index contributed by atoms with van der Waals surface area (Å²) in [6, 6.07) is 0.00240. The number of esters is 1. The van der Waals surface area contributed by atoms with Gasteiger partial charge >= 0.3 is 5.97 Å². The van der Waals surface area contributed by atoms with Gasteiger partial charge in [0, 0.05) is 18.6 Å². The van der Waals surface area contributed by atoms with E-state index in [2.05, 4.69) is 15.0 Å². The highest BCUT2D eigenvalue weighted by Gasteiger charge is 2.45. The lowest BCUT2D eigenvalue weighted by Gasteiger charge is -2.27. The maximum atomic E-state index is 13.0. The van der Waals surface area contributed by atoms with Gasteiger partial charge in [0.25, 0.3) is 10.0 Å². The molecular weight excluding hydrogens is 350 g/mol. The van der Waals surface area contributed by atoms with Gasteiger partial charge in [0.2, 0.25) is 0 Å². The highest BCUT2D eigenvalue weighted by atomic mass is 35.5. The third kappa shape index (κ3) is 3.13. The molecule has 0 aromatic carbocycles. The number of hydrogen-bond donors (Lipinski definition) is 1. The lowest BCUT2D eigenvalue weighted by atomic mass is 10.2. The number of halogens is 1. The molecule has 0 bridgehead atoms. The summed E-state index contributed by atoms with van der Waals surface area (Å²) in [4.78, 5) is 15.6. The molecule has 2 aliphatic rings. The van der Waals surface area contributed by atoms with Gasteiger partial charge in [0.05, 0.1) is 12.6 Å². The standard InChI is InChI=1S/C12H17N3O4S2.ClH/c1-19-11(16)10-12(20-7-14-10)21(17,18)15(8-2-3-8)9-4-5-13-6-9;/h7-9,13H,2-6H2,1H3;1H. The number of ether oxygens (including phenoxy) is 1. The molecule has 7 nitrogen and oxygen atoms in total. The first kappa shape index (κ1) is 17.6. The summed E-state index contributed by atoms with van der Waals surface area (Å²) >= 11 is 0.971. The summed E-state index contributed by atoms with van der Waals surface area (Å²) in [5.74, 6) is -0.713. The molecule has 0 radical (unpaired) electrons. The van der Waals surface area contributed by atoms with Crippen molar-refractivity contribution in [1.82, 2.24) is 14.6 Å². The van der Waals surface area contributed by atoms with E-state index in [1.54, 1.807) is 4.31 Å². The Kier molecular flexibility index (Phi) is 5.44. The number of carbonyl (C=O) groups is 1. The first-order valence-corrected chi connectivity index (χ1v) is 9.13. The van der Waals surface area contributed by atoms with Crippen LogP contribution in [-0.2, 0) is 14.8 Å². The van der Waals surface area contributed by atoms with Gasteiger partial charge < -0.3 is 10.1 Å². The number of aromatic nitrogens is 1. The fourth-order valence-electron chi connectivity index (χ4n) is 2.62. The van der Waals surface area contributed by atoms with Gasteiger partial charge in [-0.25, -0.2) is 18.2 Å². The summed E-state index contributed by atoms with van der Waals surface area (Å²) < 4.78 is 32.1. The van der Waals surface area contributed by atoms with E-state index in [0.717, 1.165) is 37.1 Å². The Balaban J connectivity index is 0.00000176. The van der Waals surface area contributed by atoms with Gasteiger partial charge in [-0.05, 0) is 25.8 Å². The smallest absolute Gasteiger partial charge is 0.358 e. The van der Waals surface area contributed by atoms with Gasteiger partial charge in [-0.3, -0.25) is 0 Å². The third-order valence-electron chi connectivity index (χ3n) is 3.73. The van der Waals surface area contributed by atoms with Crippen LogP contribution in [0.25, 0.3) is 0 Å². The molecule has 3 rings (SSSR count). The number of thiazole rings is 1. The topological polar surface area (TPSA) is 88.6 Å². The Morgan fingerprint density at radius 2 is 2.14 bits per heavy atom. The Hall–Kier alpha value is -0.740. The molecule has 1 saturated heterocycles. The van der Waals surface area contributed by atoms with E-state index >= 15 is 0 Å². The first-order valence-electron chi connectivity index (χ1n) is 6.81. The van der Waals surface area contributed by atoms with Crippen LogP contribution < -0.4 is 5.32 Å². The third-order valence-corrected chi connectivity index (χ3v) is 7.08. The summed E-state index contributed by atoms with van der Waals surface area (Å²) in [7, 11) is -2.50. The molecular formula is C12H18ClN3O4S2. The fraction of sp³-hybridized carbons (Fsp3) is 0.667. The zero-order valence-corrected chi connectivity index (χ0v) is 14.5. The van der Waals surface area contributed by atoms with Crippen LogP contribution in [0.15, 0.2) is 9.72 Å².